The van der Waals surface area contributed by atoms with E-state index in [9.17, 15) is 4.79 Å². The number of carbonyl (C=O) groups excluding carboxylic acids is 1. The van der Waals surface area contributed by atoms with Crippen molar-refractivity contribution in [2.45, 2.75) is 12.5 Å². The molecule has 0 radical (unpaired) electrons. The van der Waals surface area contributed by atoms with Gasteiger partial charge in [-0.2, -0.15) is 0 Å². The van der Waals surface area contributed by atoms with Crippen LogP contribution in [0, 0.1) is 11.8 Å². The van der Waals surface area contributed by atoms with Crippen LogP contribution < -0.4 is 15.4 Å². The number of para-hydroxylation sites is 1. The van der Waals surface area contributed by atoms with Crippen molar-refractivity contribution in [2.24, 2.45) is 0 Å². The molecule has 0 saturated carbocycles. The van der Waals surface area contributed by atoms with Gasteiger partial charge in [-0.3, -0.25) is 9.78 Å². The van der Waals surface area contributed by atoms with Crippen LogP contribution in [0.2, 0.25) is 5.02 Å². The summed E-state index contributed by atoms with van der Waals surface area (Å²) in [4.78, 5) is 22.9. The fourth-order valence-corrected chi connectivity index (χ4v) is 4.64. The lowest BCUT2D eigenvalue weighted by Crippen LogP contribution is -2.39. The average Bonchev–Trinajstić information content (AvgIpc) is 3.22. The predicted molar refractivity (Wildman–Crippen MR) is 135 cm³/mol. The fraction of sp³-hybridized carbons (Fsp3) is 0.308. The maximum atomic E-state index is 12.9. The number of morpholine rings is 1. The Morgan fingerprint density at radius 3 is 3.06 bits per heavy atom. The number of methoxy groups -OCH3 is 1. The van der Waals surface area contributed by atoms with Gasteiger partial charge in [0.1, 0.15) is 6.10 Å². The summed E-state index contributed by atoms with van der Waals surface area (Å²) >= 11 is 6.36. The Balaban J connectivity index is 1.61. The summed E-state index contributed by atoms with van der Waals surface area (Å²) in [7, 11) is 3.62. The van der Waals surface area contributed by atoms with Crippen LogP contribution in [0.1, 0.15) is 21.6 Å². The average molecular weight is 492 g/mol. The molecule has 1 aromatic carbocycles. The van der Waals surface area contributed by atoms with Crippen molar-refractivity contribution in [3.8, 4) is 28.8 Å². The van der Waals surface area contributed by atoms with E-state index >= 15 is 0 Å². The number of aromatic amines is 1. The van der Waals surface area contributed by atoms with Gasteiger partial charge >= 0.3 is 0 Å². The molecule has 1 amide bonds. The van der Waals surface area contributed by atoms with E-state index in [1.807, 2.05) is 18.2 Å². The molecular formula is C26H26ClN5O3. The second-order valence-electron chi connectivity index (χ2n) is 8.49. The van der Waals surface area contributed by atoms with Crippen LogP contribution >= 0.6 is 11.6 Å². The molecule has 8 nitrogen and oxygen atoms in total. The summed E-state index contributed by atoms with van der Waals surface area (Å²) in [6, 6.07) is 7.34. The summed E-state index contributed by atoms with van der Waals surface area (Å²) in [5, 5.41) is 6.82. The number of amides is 1. The van der Waals surface area contributed by atoms with Crippen LogP contribution in [0.4, 0.5) is 11.4 Å². The summed E-state index contributed by atoms with van der Waals surface area (Å²) in [5.41, 5.74) is 5.05. The van der Waals surface area contributed by atoms with Gasteiger partial charge in [-0.05, 0) is 25.2 Å². The van der Waals surface area contributed by atoms with Crippen molar-refractivity contribution in [1.82, 2.24) is 20.2 Å². The number of pyridine rings is 1. The minimum Gasteiger partial charge on any atom is -0.493 e. The van der Waals surface area contributed by atoms with Crippen molar-refractivity contribution in [2.75, 3.05) is 45.7 Å². The van der Waals surface area contributed by atoms with Crippen LogP contribution in [-0.2, 0) is 11.2 Å². The first-order valence-electron chi connectivity index (χ1n) is 11.4. The van der Waals surface area contributed by atoms with Gasteiger partial charge in [0.25, 0.3) is 5.91 Å². The highest BCUT2D eigenvalue weighted by Gasteiger charge is 2.28. The first-order chi connectivity index (χ1) is 17.0. The Hall–Kier alpha value is -3.51. The minimum absolute atomic E-state index is 0.141. The van der Waals surface area contributed by atoms with Gasteiger partial charge in [-0.15, -0.1) is 0 Å². The molecule has 5 rings (SSSR count). The van der Waals surface area contributed by atoms with Crippen LogP contribution in [0.5, 0.6) is 5.75 Å². The highest BCUT2D eigenvalue weighted by Crippen LogP contribution is 2.41. The molecule has 35 heavy (non-hydrogen) atoms. The molecule has 2 aliphatic heterocycles. The Labute approximate surface area is 209 Å². The number of fused-ring (bicyclic) bond motifs is 1. The smallest absolute Gasteiger partial charge is 0.255 e. The molecular weight excluding hydrogens is 466 g/mol. The zero-order valence-corrected chi connectivity index (χ0v) is 20.3. The number of halogens is 1. The summed E-state index contributed by atoms with van der Waals surface area (Å²) in [5.74, 6) is 6.86. The second kappa shape index (κ2) is 10.0. The lowest BCUT2D eigenvalue weighted by molar-refractivity contribution is 0.0121. The highest BCUT2D eigenvalue weighted by molar-refractivity contribution is 6.32. The van der Waals surface area contributed by atoms with E-state index in [1.165, 1.54) is 0 Å². The normalized spacial score (nSPS) is 17.7. The van der Waals surface area contributed by atoms with Crippen molar-refractivity contribution in [3.05, 3.63) is 58.5 Å². The number of anilines is 2. The van der Waals surface area contributed by atoms with E-state index in [4.69, 9.17) is 21.1 Å². The molecule has 180 valence electrons. The molecule has 0 spiro atoms. The number of nitrogens with zero attached hydrogens (tertiary/aromatic N) is 2. The number of nitrogens with one attached hydrogen (secondary N) is 3. The summed E-state index contributed by atoms with van der Waals surface area (Å²) < 4.78 is 11.3. The lowest BCUT2D eigenvalue weighted by atomic mass is 10.0. The number of rotatable bonds is 4. The van der Waals surface area contributed by atoms with Crippen LogP contribution in [0.3, 0.4) is 0 Å². The third-order valence-electron chi connectivity index (χ3n) is 6.12. The SMILES string of the molecule is COc1c(Cl)cccc1Nc1c(-c2ccncc2C#CC2CN(C)CCO2)[nH]c2c1C(=O)NCC2. The number of benzene rings is 1. The molecule has 4 heterocycles. The molecule has 3 N–H and O–H groups in total. The zero-order chi connectivity index (χ0) is 24.4. The standard InChI is InChI=1S/C26H26ClN5O3/c1-32-12-13-35-17(15-32)7-6-16-14-28-10-8-18(16)23-24(22-20(30-23)9-11-29-26(22)33)31-21-5-3-4-19(27)25(21)34-2/h3-5,8,10,14,17,30-31H,9,11-13,15H2,1-2H3,(H,29,33). The third-order valence-corrected chi connectivity index (χ3v) is 6.42. The van der Waals surface area contributed by atoms with E-state index in [-0.39, 0.29) is 12.0 Å². The molecule has 1 atom stereocenters. The fourth-order valence-electron chi connectivity index (χ4n) is 4.39. The first kappa shape index (κ1) is 23.2. The van der Waals surface area contributed by atoms with Gasteiger partial charge < -0.3 is 30.0 Å². The van der Waals surface area contributed by atoms with Crippen LogP contribution in [0.15, 0.2) is 36.7 Å². The van der Waals surface area contributed by atoms with E-state index in [2.05, 4.69) is 44.4 Å². The molecule has 1 fully saturated rings. The Bertz CT molecular complexity index is 1330. The number of aromatic nitrogens is 2. The van der Waals surface area contributed by atoms with E-state index in [1.54, 1.807) is 25.6 Å². The zero-order valence-electron chi connectivity index (χ0n) is 19.6. The van der Waals surface area contributed by atoms with Crippen molar-refractivity contribution in [1.29, 1.82) is 0 Å². The Morgan fingerprint density at radius 1 is 1.34 bits per heavy atom. The van der Waals surface area contributed by atoms with Gasteiger partial charge in [0.05, 0.1) is 46.9 Å². The molecule has 2 aromatic heterocycles. The Morgan fingerprint density at radius 2 is 2.23 bits per heavy atom. The van der Waals surface area contributed by atoms with Gasteiger partial charge in [0, 0.05) is 49.7 Å². The number of hydrogen-bond donors (Lipinski definition) is 3. The highest BCUT2D eigenvalue weighted by atomic mass is 35.5. The predicted octanol–water partition coefficient (Wildman–Crippen LogP) is 3.45. The van der Waals surface area contributed by atoms with E-state index in [0.717, 1.165) is 35.6 Å². The quantitative estimate of drug-likeness (QED) is 0.484. The summed E-state index contributed by atoms with van der Waals surface area (Å²) in [6.45, 7) is 2.88. The summed E-state index contributed by atoms with van der Waals surface area (Å²) in [6.07, 6.45) is 3.97. The van der Waals surface area contributed by atoms with Crippen molar-refractivity contribution < 1.29 is 14.3 Å². The van der Waals surface area contributed by atoms with Gasteiger partial charge in [-0.1, -0.05) is 29.5 Å². The van der Waals surface area contributed by atoms with Gasteiger partial charge in [0.2, 0.25) is 0 Å². The van der Waals surface area contributed by atoms with Crippen LogP contribution in [-0.4, -0.2) is 67.3 Å². The minimum atomic E-state index is -0.169. The first-order valence-corrected chi connectivity index (χ1v) is 11.8. The number of likely N-dealkylation sites (N-methyl/N-ethyl adjacent to an activating group) is 1. The maximum Gasteiger partial charge on any atom is 0.255 e. The number of H-pyrrole nitrogens is 1. The number of hydrogen-bond acceptors (Lipinski definition) is 6. The number of ether oxygens (including phenoxy) is 2. The lowest BCUT2D eigenvalue weighted by Gasteiger charge is -2.26. The van der Waals surface area contributed by atoms with Crippen molar-refractivity contribution in [3.63, 3.8) is 0 Å². The molecule has 2 aliphatic rings. The Kier molecular flexibility index (Phi) is 6.64. The second-order valence-corrected chi connectivity index (χ2v) is 8.90. The molecule has 0 aliphatic carbocycles. The maximum absolute atomic E-state index is 12.9. The molecule has 9 heteroatoms. The molecule has 1 saturated heterocycles. The van der Waals surface area contributed by atoms with Crippen LogP contribution in [0.25, 0.3) is 11.3 Å². The molecule has 0 bridgehead atoms. The number of carbonyl (C=O) groups is 1. The third kappa shape index (κ3) is 4.71. The largest absolute Gasteiger partial charge is 0.493 e. The van der Waals surface area contributed by atoms with E-state index in [0.29, 0.717) is 47.3 Å². The molecule has 3 aromatic rings. The van der Waals surface area contributed by atoms with Crippen molar-refractivity contribution >= 4 is 28.9 Å². The van der Waals surface area contributed by atoms with Gasteiger partial charge in [0.15, 0.2) is 5.75 Å². The van der Waals surface area contributed by atoms with Gasteiger partial charge in [-0.25, -0.2) is 0 Å². The molecule has 1 unspecified atom stereocenters. The van der Waals surface area contributed by atoms with E-state index < -0.39 is 0 Å². The monoisotopic (exact) mass is 491 g/mol. The topological polar surface area (TPSA) is 91.5 Å².